The van der Waals surface area contributed by atoms with Gasteiger partial charge in [-0.2, -0.15) is 0 Å². The van der Waals surface area contributed by atoms with E-state index in [9.17, 15) is 0 Å². The van der Waals surface area contributed by atoms with Gasteiger partial charge >= 0.3 is 0 Å². The lowest BCUT2D eigenvalue weighted by atomic mass is 9.66. The van der Waals surface area contributed by atoms with Crippen LogP contribution in [-0.2, 0) is 0 Å². The second-order valence-corrected chi connectivity index (χ2v) is 10.1. The maximum Gasteiger partial charge on any atom is -0.0169 e. The zero-order chi connectivity index (χ0) is 16.6. The summed E-state index contributed by atoms with van der Waals surface area (Å²) in [5.74, 6) is 6.03. The van der Waals surface area contributed by atoms with Gasteiger partial charge in [0, 0.05) is 0 Å². The van der Waals surface area contributed by atoms with E-state index in [1.807, 2.05) is 11.1 Å². The van der Waals surface area contributed by atoms with Gasteiger partial charge in [-0.05, 0) is 93.3 Å². The van der Waals surface area contributed by atoms with Crippen molar-refractivity contribution >= 4 is 0 Å². The van der Waals surface area contributed by atoms with Crippen molar-refractivity contribution in [3.8, 4) is 0 Å². The summed E-state index contributed by atoms with van der Waals surface area (Å²) in [6.07, 6.45) is 27.9. The van der Waals surface area contributed by atoms with Gasteiger partial charge in [0.2, 0.25) is 0 Å². The van der Waals surface area contributed by atoms with Gasteiger partial charge in [-0.15, -0.1) is 0 Å². The highest BCUT2D eigenvalue weighted by Gasteiger charge is 2.40. The second kappa shape index (κ2) is 7.24. The summed E-state index contributed by atoms with van der Waals surface area (Å²) in [6.45, 7) is 0. The minimum Gasteiger partial charge on any atom is -0.0847 e. The van der Waals surface area contributed by atoms with Crippen LogP contribution in [0, 0.1) is 35.5 Å². The zero-order valence-electron chi connectivity index (χ0n) is 16.2. The van der Waals surface area contributed by atoms with E-state index in [0.29, 0.717) is 0 Å². The molecule has 138 valence electrons. The Morgan fingerprint density at radius 1 is 0.600 bits per heavy atom. The molecule has 0 heteroatoms. The Hall–Kier alpha value is -0.520. The highest BCUT2D eigenvalue weighted by atomic mass is 14.4. The molecule has 0 aromatic rings. The van der Waals surface area contributed by atoms with Gasteiger partial charge in [-0.25, -0.2) is 0 Å². The van der Waals surface area contributed by atoms with Crippen molar-refractivity contribution < 1.29 is 0 Å². The molecule has 0 amide bonds. The lowest BCUT2D eigenvalue weighted by Crippen LogP contribution is -2.28. The molecule has 0 N–H and O–H groups in total. The molecule has 5 aliphatic carbocycles. The van der Waals surface area contributed by atoms with Crippen LogP contribution < -0.4 is 0 Å². The van der Waals surface area contributed by atoms with E-state index in [2.05, 4.69) is 12.2 Å². The summed E-state index contributed by atoms with van der Waals surface area (Å²) in [5, 5.41) is 0. The number of rotatable bonds is 3. The first-order valence-electron chi connectivity index (χ1n) is 11.8. The van der Waals surface area contributed by atoms with Crippen LogP contribution in [0.4, 0.5) is 0 Å². The molecule has 0 saturated heterocycles. The molecule has 5 aliphatic rings. The van der Waals surface area contributed by atoms with Gasteiger partial charge in [0.25, 0.3) is 0 Å². The average molecular weight is 339 g/mol. The predicted octanol–water partition coefficient (Wildman–Crippen LogP) is 7.46. The van der Waals surface area contributed by atoms with Crippen molar-refractivity contribution in [2.45, 2.75) is 96.3 Å². The molecule has 0 aliphatic heterocycles. The smallest absolute Gasteiger partial charge is 0.0169 e. The summed E-state index contributed by atoms with van der Waals surface area (Å²) in [5.41, 5.74) is 3.88. The predicted molar refractivity (Wildman–Crippen MR) is 106 cm³/mol. The number of allylic oxidation sites excluding steroid dienone is 4. The number of hydrogen-bond donors (Lipinski definition) is 0. The standard InChI is InChI=1S/C25H38/c1-4-10-22-18(7-1)13-14-21(22)17-20-9-3-6-12-24(20)25-16-15-19-8-2-5-11-23(19)25/h14,16,18-20,22-24H,1-13,15,17H2. The van der Waals surface area contributed by atoms with Crippen LogP contribution in [0.5, 0.6) is 0 Å². The van der Waals surface area contributed by atoms with E-state index in [-0.39, 0.29) is 0 Å². The van der Waals surface area contributed by atoms with Crippen LogP contribution in [-0.4, -0.2) is 0 Å². The van der Waals surface area contributed by atoms with E-state index in [1.165, 1.54) is 96.3 Å². The molecular weight excluding hydrogens is 300 g/mol. The normalized spacial score (nSPS) is 44.0. The van der Waals surface area contributed by atoms with Crippen molar-refractivity contribution in [2.24, 2.45) is 35.5 Å². The van der Waals surface area contributed by atoms with Crippen LogP contribution in [0.25, 0.3) is 0 Å². The van der Waals surface area contributed by atoms with Crippen molar-refractivity contribution in [3.05, 3.63) is 23.3 Å². The van der Waals surface area contributed by atoms with Gasteiger partial charge in [0.05, 0.1) is 0 Å². The van der Waals surface area contributed by atoms with Crippen molar-refractivity contribution in [2.75, 3.05) is 0 Å². The van der Waals surface area contributed by atoms with Crippen LogP contribution in [0.3, 0.4) is 0 Å². The van der Waals surface area contributed by atoms with Gasteiger partial charge in [0.1, 0.15) is 0 Å². The van der Waals surface area contributed by atoms with Crippen LogP contribution in [0.2, 0.25) is 0 Å². The van der Waals surface area contributed by atoms with E-state index < -0.39 is 0 Å². The fraction of sp³-hybridized carbons (Fsp3) is 0.840. The lowest BCUT2D eigenvalue weighted by Gasteiger charge is -2.39. The molecule has 3 fully saturated rings. The Balaban J connectivity index is 1.30. The quantitative estimate of drug-likeness (QED) is 0.468. The molecule has 5 rings (SSSR count). The maximum absolute atomic E-state index is 2.75. The molecule has 0 nitrogen and oxygen atoms in total. The van der Waals surface area contributed by atoms with Crippen LogP contribution >= 0.6 is 0 Å². The Labute approximate surface area is 155 Å². The molecule has 3 saturated carbocycles. The molecule has 6 unspecified atom stereocenters. The molecule has 0 aromatic heterocycles. The fourth-order valence-corrected chi connectivity index (χ4v) is 7.65. The van der Waals surface area contributed by atoms with Gasteiger partial charge in [-0.3, -0.25) is 0 Å². The summed E-state index contributed by atoms with van der Waals surface area (Å²) in [6, 6.07) is 0. The van der Waals surface area contributed by atoms with E-state index in [1.54, 1.807) is 0 Å². The zero-order valence-corrected chi connectivity index (χ0v) is 16.2. The summed E-state index contributed by atoms with van der Waals surface area (Å²) >= 11 is 0. The number of fused-ring (bicyclic) bond motifs is 2. The number of hydrogen-bond acceptors (Lipinski definition) is 0. The second-order valence-electron chi connectivity index (χ2n) is 10.1. The SMILES string of the molecule is C1=C(CC2CCCCC2C2=CCC3CCCCC23)C2CCCCC2C1. The molecule has 0 aromatic carbocycles. The maximum atomic E-state index is 2.75. The Morgan fingerprint density at radius 2 is 1.20 bits per heavy atom. The van der Waals surface area contributed by atoms with Crippen molar-refractivity contribution in [1.29, 1.82) is 0 Å². The van der Waals surface area contributed by atoms with Crippen molar-refractivity contribution in [1.82, 2.24) is 0 Å². The first-order valence-corrected chi connectivity index (χ1v) is 11.8. The largest absolute Gasteiger partial charge is 0.0847 e. The molecule has 6 atom stereocenters. The minimum atomic E-state index is 0.963. The summed E-state index contributed by atoms with van der Waals surface area (Å²) in [7, 11) is 0. The van der Waals surface area contributed by atoms with E-state index in [0.717, 1.165) is 35.5 Å². The highest BCUT2D eigenvalue weighted by Crippen LogP contribution is 2.52. The fourth-order valence-electron chi connectivity index (χ4n) is 7.65. The molecule has 25 heavy (non-hydrogen) atoms. The van der Waals surface area contributed by atoms with Crippen LogP contribution in [0.1, 0.15) is 96.3 Å². The first-order chi connectivity index (χ1) is 12.4. The van der Waals surface area contributed by atoms with Crippen LogP contribution in [0.15, 0.2) is 23.3 Å². The topological polar surface area (TPSA) is 0 Å². The summed E-state index contributed by atoms with van der Waals surface area (Å²) in [4.78, 5) is 0. The van der Waals surface area contributed by atoms with E-state index in [4.69, 9.17) is 0 Å². The van der Waals surface area contributed by atoms with Crippen molar-refractivity contribution in [3.63, 3.8) is 0 Å². The molecule has 0 radical (unpaired) electrons. The Bertz CT molecular complexity index is 538. The van der Waals surface area contributed by atoms with Gasteiger partial charge in [-0.1, -0.05) is 61.8 Å². The molecule has 0 bridgehead atoms. The molecule has 0 heterocycles. The minimum absolute atomic E-state index is 0.963. The van der Waals surface area contributed by atoms with Gasteiger partial charge in [0.15, 0.2) is 0 Å². The van der Waals surface area contributed by atoms with Gasteiger partial charge < -0.3 is 0 Å². The van der Waals surface area contributed by atoms with E-state index >= 15 is 0 Å². The third-order valence-electron chi connectivity index (χ3n) is 8.90. The summed E-state index contributed by atoms with van der Waals surface area (Å²) < 4.78 is 0. The average Bonchev–Trinajstić information content (AvgIpc) is 3.27. The first kappa shape index (κ1) is 16.6. The lowest BCUT2D eigenvalue weighted by molar-refractivity contribution is 0.213. The Morgan fingerprint density at radius 3 is 2.04 bits per heavy atom. The third kappa shape index (κ3) is 3.17. The highest BCUT2D eigenvalue weighted by molar-refractivity contribution is 5.23. The molecule has 0 spiro atoms. The molecular formula is C25H38. The Kier molecular flexibility index (Phi) is 4.82. The third-order valence-corrected chi connectivity index (χ3v) is 8.90. The monoisotopic (exact) mass is 338 g/mol.